The van der Waals surface area contributed by atoms with Crippen LogP contribution in [-0.4, -0.2) is 5.75 Å². The minimum atomic E-state index is 0.0417. The SMILES string of the molecule is Cc1ccc(SCC(NN)c2ccccc2Cl)cc1. The number of hydrogen-bond donors (Lipinski definition) is 2. The van der Waals surface area contributed by atoms with Gasteiger partial charge in [0.15, 0.2) is 0 Å². The van der Waals surface area contributed by atoms with Crippen molar-refractivity contribution < 1.29 is 0 Å². The normalized spacial score (nSPS) is 12.4. The van der Waals surface area contributed by atoms with Crippen molar-refractivity contribution in [2.24, 2.45) is 5.84 Å². The predicted molar refractivity (Wildman–Crippen MR) is 83.4 cm³/mol. The van der Waals surface area contributed by atoms with Crippen molar-refractivity contribution in [3.8, 4) is 0 Å². The fraction of sp³-hybridized carbons (Fsp3) is 0.200. The van der Waals surface area contributed by atoms with Crippen LogP contribution in [0.15, 0.2) is 53.4 Å². The molecule has 4 heteroatoms. The van der Waals surface area contributed by atoms with Gasteiger partial charge >= 0.3 is 0 Å². The molecule has 1 unspecified atom stereocenters. The fourth-order valence-electron chi connectivity index (χ4n) is 1.80. The standard InChI is InChI=1S/C15H17ClN2S/c1-11-6-8-12(9-7-11)19-10-15(18-17)13-4-2-3-5-14(13)16/h2-9,15,18H,10,17H2,1H3. The molecule has 100 valence electrons. The number of hydrogen-bond acceptors (Lipinski definition) is 3. The van der Waals surface area contributed by atoms with Gasteiger partial charge in [0.2, 0.25) is 0 Å². The van der Waals surface area contributed by atoms with Gasteiger partial charge < -0.3 is 0 Å². The van der Waals surface area contributed by atoms with Crippen LogP contribution in [0.1, 0.15) is 17.2 Å². The van der Waals surface area contributed by atoms with Gasteiger partial charge in [0.1, 0.15) is 0 Å². The molecule has 0 fully saturated rings. The van der Waals surface area contributed by atoms with E-state index in [9.17, 15) is 0 Å². The van der Waals surface area contributed by atoms with Crippen LogP contribution in [0.4, 0.5) is 0 Å². The van der Waals surface area contributed by atoms with Crippen molar-refractivity contribution in [2.45, 2.75) is 17.9 Å². The third kappa shape index (κ3) is 3.98. The number of halogens is 1. The van der Waals surface area contributed by atoms with Crippen molar-refractivity contribution in [2.75, 3.05) is 5.75 Å². The number of thioether (sulfide) groups is 1. The van der Waals surface area contributed by atoms with Gasteiger partial charge in [0.25, 0.3) is 0 Å². The summed E-state index contributed by atoms with van der Waals surface area (Å²) in [7, 11) is 0. The molecule has 0 heterocycles. The Morgan fingerprint density at radius 2 is 1.84 bits per heavy atom. The zero-order chi connectivity index (χ0) is 13.7. The molecule has 0 aliphatic carbocycles. The summed E-state index contributed by atoms with van der Waals surface area (Å²) in [6.07, 6.45) is 0. The van der Waals surface area contributed by atoms with Crippen molar-refractivity contribution in [3.63, 3.8) is 0 Å². The quantitative estimate of drug-likeness (QED) is 0.498. The Hall–Kier alpha value is -1.00. The zero-order valence-corrected chi connectivity index (χ0v) is 12.3. The first-order chi connectivity index (χ1) is 9.20. The van der Waals surface area contributed by atoms with E-state index in [0.717, 1.165) is 16.3 Å². The molecule has 2 aromatic rings. The fourth-order valence-corrected chi connectivity index (χ4v) is 3.03. The van der Waals surface area contributed by atoms with Gasteiger partial charge in [-0.15, -0.1) is 11.8 Å². The number of aryl methyl sites for hydroxylation is 1. The number of benzene rings is 2. The lowest BCUT2D eigenvalue weighted by Gasteiger charge is -2.17. The van der Waals surface area contributed by atoms with Gasteiger partial charge in [-0.25, -0.2) is 0 Å². The van der Waals surface area contributed by atoms with Gasteiger partial charge in [0, 0.05) is 15.7 Å². The Labute approximate surface area is 123 Å². The highest BCUT2D eigenvalue weighted by atomic mass is 35.5. The maximum absolute atomic E-state index is 6.20. The van der Waals surface area contributed by atoms with Crippen molar-refractivity contribution in [1.82, 2.24) is 5.43 Å². The molecule has 0 radical (unpaired) electrons. The highest BCUT2D eigenvalue weighted by Crippen LogP contribution is 2.28. The van der Waals surface area contributed by atoms with E-state index in [1.165, 1.54) is 10.5 Å². The van der Waals surface area contributed by atoms with E-state index in [0.29, 0.717) is 0 Å². The summed E-state index contributed by atoms with van der Waals surface area (Å²) < 4.78 is 0. The predicted octanol–water partition coefficient (Wildman–Crippen LogP) is 3.95. The third-order valence-electron chi connectivity index (χ3n) is 2.92. The monoisotopic (exact) mass is 292 g/mol. The lowest BCUT2D eigenvalue weighted by Crippen LogP contribution is -2.29. The molecule has 0 aliphatic heterocycles. The van der Waals surface area contributed by atoms with Gasteiger partial charge in [-0.3, -0.25) is 11.3 Å². The largest absolute Gasteiger partial charge is 0.271 e. The first-order valence-electron chi connectivity index (χ1n) is 6.10. The number of rotatable bonds is 5. The van der Waals surface area contributed by atoms with E-state index in [1.54, 1.807) is 11.8 Å². The smallest absolute Gasteiger partial charge is 0.0568 e. The van der Waals surface area contributed by atoms with E-state index in [-0.39, 0.29) is 6.04 Å². The minimum absolute atomic E-state index is 0.0417. The molecule has 2 nitrogen and oxygen atoms in total. The zero-order valence-electron chi connectivity index (χ0n) is 10.8. The molecule has 0 aliphatic rings. The molecule has 19 heavy (non-hydrogen) atoms. The van der Waals surface area contributed by atoms with Crippen LogP contribution in [0.25, 0.3) is 0 Å². The topological polar surface area (TPSA) is 38.0 Å². The first kappa shape index (κ1) is 14.4. The lowest BCUT2D eigenvalue weighted by molar-refractivity contribution is 0.611. The number of nitrogens with two attached hydrogens (primary N) is 1. The van der Waals surface area contributed by atoms with Crippen LogP contribution in [0, 0.1) is 6.92 Å². The Bertz CT molecular complexity index is 528. The van der Waals surface area contributed by atoms with Crippen LogP contribution in [0.3, 0.4) is 0 Å². The van der Waals surface area contributed by atoms with Gasteiger partial charge in [-0.05, 0) is 30.7 Å². The molecule has 0 saturated carbocycles. The third-order valence-corrected chi connectivity index (χ3v) is 4.37. The molecule has 0 spiro atoms. The van der Waals surface area contributed by atoms with Crippen molar-refractivity contribution >= 4 is 23.4 Å². The summed E-state index contributed by atoms with van der Waals surface area (Å²) in [5.41, 5.74) is 5.14. The minimum Gasteiger partial charge on any atom is -0.271 e. The molecular formula is C15H17ClN2S. The molecule has 2 rings (SSSR count). The van der Waals surface area contributed by atoms with E-state index >= 15 is 0 Å². The van der Waals surface area contributed by atoms with E-state index in [4.69, 9.17) is 17.4 Å². The Morgan fingerprint density at radius 3 is 2.47 bits per heavy atom. The molecule has 1 atom stereocenters. The molecule has 0 amide bonds. The first-order valence-corrected chi connectivity index (χ1v) is 7.47. The Morgan fingerprint density at radius 1 is 1.16 bits per heavy atom. The highest BCUT2D eigenvalue weighted by Gasteiger charge is 2.13. The molecule has 2 aromatic carbocycles. The molecular weight excluding hydrogens is 276 g/mol. The molecule has 0 bridgehead atoms. The maximum atomic E-state index is 6.20. The second-order valence-corrected chi connectivity index (χ2v) is 5.87. The second kappa shape index (κ2) is 6.96. The van der Waals surface area contributed by atoms with Crippen molar-refractivity contribution in [3.05, 3.63) is 64.7 Å². The summed E-state index contributed by atoms with van der Waals surface area (Å²) >= 11 is 7.96. The Balaban J connectivity index is 2.04. The summed E-state index contributed by atoms with van der Waals surface area (Å²) in [4.78, 5) is 1.23. The summed E-state index contributed by atoms with van der Waals surface area (Å²) in [6.45, 7) is 2.09. The van der Waals surface area contributed by atoms with Crippen LogP contribution in [-0.2, 0) is 0 Å². The Kier molecular flexibility index (Phi) is 5.28. The number of nitrogens with one attached hydrogen (secondary N) is 1. The van der Waals surface area contributed by atoms with Crippen LogP contribution < -0.4 is 11.3 Å². The summed E-state index contributed by atoms with van der Waals surface area (Å²) in [6, 6.07) is 16.3. The average Bonchev–Trinajstić information content (AvgIpc) is 2.43. The lowest BCUT2D eigenvalue weighted by atomic mass is 10.1. The van der Waals surface area contributed by atoms with E-state index < -0.39 is 0 Å². The van der Waals surface area contributed by atoms with Gasteiger partial charge in [-0.2, -0.15) is 0 Å². The number of hydrazine groups is 1. The van der Waals surface area contributed by atoms with Crippen molar-refractivity contribution in [1.29, 1.82) is 0 Å². The average molecular weight is 293 g/mol. The van der Waals surface area contributed by atoms with E-state index in [2.05, 4.69) is 36.6 Å². The second-order valence-electron chi connectivity index (χ2n) is 4.36. The van der Waals surface area contributed by atoms with Gasteiger partial charge in [-0.1, -0.05) is 47.5 Å². The van der Waals surface area contributed by atoms with Crippen LogP contribution in [0.5, 0.6) is 0 Å². The molecule has 0 saturated heterocycles. The van der Waals surface area contributed by atoms with Crippen LogP contribution in [0.2, 0.25) is 5.02 Å². The van der Waals surface area contributed by atoms with Gasteiger partial charge in [0.05, 0.1) is 6.04 Å². The van der Waals surface area contributed by atoms with E-state index in [1.807, 2.05) is 24.3 Å². The highest BCUT2D eigenvalue weighted by molar-refractivity contribution is 7.99. The molecule has 3 N–H and O–H groups in total. The maximum Gasteiger partial charge on any atom is 0.0568 e. The van der Waals surface area contributed by atoms with Crippen LogP contribution >= 0.6 is 23.4 Å². The molecule has 0 aromatic heterocycles. The summed E-state index contributed by atoms with van der Waals surface area (Å²) in [5.74, 6) is 6.48. The summed E-state index contributed by atoms with van der Waals surface area (Å²) in [5, 5.41) is 0.745.